The first-order valence-corrected chi connectivity index (χ1v) is 8.26. The summed E-state index contributed by atoms with van der Waals surface area (Å²) < 4.78 is 0. The molecule has 6 heteroatoms. The largest absolute Gasteiger partial charge is 0.338 e. The first-order chi connectivity index (χ1) is 11.7. The molecule has 0 radical (unpaired) electrons. The van der Waals surface area contributed by atoms with Crippen LogP contribution >= 0.6 is 0 Å². The molecule has 122 valence electrons. The van der Waals surface area contributed by atoms with E-state index in [-0.39, 0.29) is 0 Å². The van der Waals surface area contributed by atoms with Crippen molar-refractivity contribution in [2.24, 2.45) is 11.0 Å². The number of nitrogens with one attached hydrogen (secondary N) is 2. The average molecular weight is 320 g/mol. The number of aromatic nitrogens is 4. The van der Waals surface area contributed by atoms with Crippen LogP contribution in [0.3, 0.4) is 0 Å². The van der Waals surface area contributed by atoms with E-state index in [1.165, 1.54) is 11.1 Å². The lowest BCUT2D eigenvalue weighted by Gasteiger charge is -2.15. The van der Waals surface area contributed by atoms with Crippen LogP contribution in [-0.4, -0.2) is 26.4 Å². The number of fused-ring (bicyclic) bond motifs is 3. The number of hydrazone groups is 1. The monoisotopic (exact) mass is 320 g/mol. The highest BCUT2D eigenvalue weighted by molar-refractivity contribution is 6.03. The van der Waals surface area contributed by atoms with Crippen LogP contribution in [0.1, 0.15) is 31.7 Å². The van der Waals surface area contributed by atoms with Gasteiger partial charge in [-0.1, -0.05) is 23.3 Å². The summed E-state index contributed by atoms with van der Waals surface area (Å²) in [6, 6.07) is 6.20. The molecular weight excluding hydrogens is 300 g/mol. The minimum Gasteiger partial charge on any atom is -0.338 e. The van der Waals surface area contributed by atoms with Gasteiger partial charge in [-0.15, -0.1) is 10.2 Å². The molecule has 1 aromatic carbocycles. The number of hydrogen-bond acceptors (Lipinski definition) is 5. The van der Waals surface area contributed by atoms with E-state index in [9.17, 15) is 0 Å². The first kappa shape index (κ1) is 14.8. The van der Waals surface area contributed by atoms with Gasteiger partial charge in [-0.05, 0) is 51.2 Å². The number of nitrogens with zero attached hydrogens (tertiary/aromatic N) is 4. The molecule has 6 nitrogen and oxygen atoms in total. The molecule has 0 saturated heterocycles. The second-order valence-electron chi connectivity index (χ2n) is 6.48. The second kappa shape index (κ2) is 6.03. The fourth-order valence-corrected chi connectivity index (χ4v) is 3.05. The lowest BCUT2D eigenvalue weighted by Crippen LogP contribution is -2.07. The zero-order valence-electron chi connectivity index (χ0n) is 13.9. The fourth-order valence-electron chi connectivity index (χ4n) is 3.05. The molecule has 0 unspecified atom stereocenters. The van der Waals surface area contributed by atoms with Crippen molar-refractivity contribution in [1.29, 1.82) is 0 Å². The van der Waals surface area contributed by atoms with Gasteiger partial charge >= 0.3 is 0 Å². The Morgan fingerprint density at radius 2 is 2.21 bits per heavy atom. The van der Waals surface area contributed by atoms with Gasteiger partial charge in [0.1, 0.15) is 5.52 Å². The number of H-pyrrole nitrogens is 1. The van der Waals surface area contributed by atoms with Crippen molar-refractivity contribution < 1.29 is 0 Å². The molecule has 4 rings (SSSR count). The van der Waals surface area contributed by atoms with E-state index >= 15 is 0 Å². The third kappa shape index (κ3) is 2.87. The summed E-state index contributed by atoms with van der Waals surface area (Å²) in [7, 11) is 0. The minimum absolute atomic E-state index is 0.407. The summed E-state index contributed by atoms with van der Waals surface area (Å²) in [5, 5.41) is 13.8. The van der Waals surface area contributed by atoms with Crippen molar-refractivity contribution in [3.05, 3.63) is 35.4 Å². The molecule has 2 aromatic heterocycles. The lowest BCUT2D eigenvalue weighted by molar-refractivity contribution is 0.607. The van der Waals surface area contributed by atoms with E-state index in [0.29, 0.717) is 11.9 Å². The molecule has 0 amide bonds. The smallest absolute Gasteiger partial charge is 0.265 e. The van der Waals surface area contributed by atoms with Crippen LogP contribution in [-0.2, 0) is 0 Å². The maximum Gasteiger partial charge on any atom is 0.265 e. The number of aryl methyl sites for hydroxylation is 1. The van der Waals surface area contributed by atoms with Gasteiger partial charge in [0, 0.05) is 17.1 Å². The molecule has 1 aliphatic rings. The standard InChI is InChI=1S/C18H20N6/c1-11-3-6-13(7-4-11)10-19-23-18-21-17-16(22-24-18)14-9-12(2)5-8-15(14)20-17/h3,5,8-10,13H,4,6-7H2,1-2H3,(H2,20,21,23,24)/t13-/m1/s1. The van der Waals surface area contributed by atoms with Gasteiger partial charge in [0.15, 0.2) is 5.65 Å². The number of aromatic amines is 1. The van der Waals surface area contributed by atoms with Crippen molar-refractivity contribution in [3.63, 3.8) is 0 Å². The van der Waals surface area contributed by atoms with Gasteiger partial charge in [0.05, 0.1) is 0 Å². The van der Waals surface area contributed by atoms with Crippen LogP contribution in [0, 0.1) is 12.8 Å². The number of anilines is 1. The van der Waals surface area contributed by atoms with E-state index in [2.05, 4.69) is 62.7 Å². The number of hydrogen-bond donors (Lipinski definition) is 2. The zero-order chi connectivity index (χ0) is 16.5. The molecule has 0 spiro atoms. The summed E-state index contributed by atoms with van der Waals surface area (Å²) in [5.74, 6) is 0.888. The van der Waals surface area contributed by atoms with Crippen molar-refractivity contribution in [2.45, 2.75) is 33.1 Å². The highest BCUT2D eigenvalue weighted by Crippen LogP contribution is 2.24. The van der Waals surface area contributed by atoms with Gasteiger partial charge < -0.3 is 4.98 Å². The Hall–Kier alpha value is -2.76. The highest BCUT2D eigenvalue weighted by Gasteiger charge is 2.11. The van der Waals surface area contributed by atoms with Crippen molar-refractivity contribution in [3.8, 4) is 0 Å². The number of benzene rings is 1. The normalized spacial score (nSPS) is 18.4. The van der Waals surface area contributed by atoms with Crippen LogP contribution in [0.4, 0.5) is 5.95 Å². The van der Waals surface area contributed by atoms with Crippen molar-refractivity contribution >= 4 is 34.2 Å². The number of allylic oxidation sites excluding steroid dienone is 2. The molecule has 1 aliphatic carbocycles. The van der Waals surface area contributed by atoms with E-state index in [0.717, 1.165) is 41.3 Å². The lowest BCUT2D eigenvalue weighted by atomic mass is 9.91. The maximum absolute atomic E-state index is 4.47. The maximum atomic E-state index is 4.47. The SMILES string of the molecule is CC1=CC[C@@H](C=NNc2nnc3c(n2)[nH]c2ccc(C)cc23)CC1. The predicted molar refractivity (Wildman–Crippen MR) is 97.1 cm³/mol. The van der Waals surface area contributed by atoms with E-state index < -0.39 is 0 Å². The van der Waals surface area contributed by atoms with Crippen molar-refractivity contribution in [1.82, 2.24) is 20.2 Å². The fraction of sp³-hybridized carbons (Fsp3) is 0.333. The summed E-state index contributed by atoms with van der Waals surface area (Å²) in [5.41, 5.74) is 8.08. The molecule has 0 aliphatic heterocycles. The Kier molecular flexibility index (Phi) is 3.72. The molecule has 3 aromatic rings. The van der Waals surface area contributed by atoms with Crippen LogP contribution < -0.4 is 5.43 Å². The van der Waals surface area contributed by atoms with Gasteiger partial charge in [-0.25, -0.2) is 5.43 Å². The third-order valence-corrected chi connectivity index (χ3v) is 4.50. The van der Waals surface area contributed by atoms with Gasteiger partial charge in [0.25, 0.3) is 5.95 Å². The summed E-state index contributed by atoms with van der Waals surface area (Å²) in [4.78, 5) is 7.75. The summed E-state index contributed by atoms with van der Waals surface area (Å²) in [6.45, 7) is 4.24. The van der Waals surface area contributed by atoms with E-state index in [1.54, 1.807) is 0 Å². The molecule has 0 saturated carbocycles. The first-order valence-electron chi connectivity index (χ1n) is 8.26. The minimum atomic E-state index is 0.407. The molecule has 2 heterocycles. The summed E-state index contributed by atoms with van der Waals surface area (Å²) >= 11 is 0. The van der Waals surface area contributed by atoms with Gasteiger partial charge in [-0.3, -0.25) is 0 Å². The Morgan fingerprint density at radius 3 is 3.04 bits per heavy atom. The third-order valence-electron chi connectivity index (χ3n) is 4.50. The second-order valence-corrected chi connectivity index (χ2v) is 6.48. The van der Waals surface area contributed by atoms with Gasteiger partial charge in [-0.2, -0.15) is 10.1 Å². The van der Waals surface area contributed by atoms with Crippen LogP contribution in [0.5, 0.6) is 0 Å². The topological polar surface area (TPSA) is 78.8 Å². The molecule has 2 N–H and O–H groups in total. The molecule has 24 heavy (non-hydrogen) atoms. The predicted octanol–water partition coefficient (Wildman–Crippen LogP) is 3.96. The van der Waals surface area contributed by atoms with E-state index in [1.807, 2.05) is 12.3 Å². The van der Waals surface area contributed by atoms with Crippen molar-refractivity contribution in [2.75, 3.05) is 5.43 Å². The van der Waals surface area contributed by atoms with Crippen LogP contribution in [0.2, 0.25) is 0 Å². The van der Waals surface area contributed by atoms with E-state index in [4.69, 9.17) is 0 Å². The zero-order valence-corrected chi connectivity index (χ0v) is 13.9. The summed E-state index contributed by atoms with van der Waals surface area (Å²) in [6.07, 6.45) is 7.58. The Balaban J connectivity index is 1.54. The number of rotatable bonds is 3. The molecule has 0 fully saturated rings. The van der Waals surface area contributed by atoms with Crippen LogP contribution in [0.15, 0.2) is 34.9 Å². The molecule has 0 bridgehead atoms. The highest BCUT2D eigenvalue weighted by atomic mass is 15.4. The Labute approximate surface area is 140 Å². The Bertz CT molecular complexity index is 953. The average Bonchev–Trinajstić information content (AvgIpc) is 2.94. The molecular formula is C18H20N6. The van der Waals surface area contributed by atoms with Gasteiger partial charge in [0.2, 0.25) is 0 Å². The molecule has 1 atom stereocenters. The quantitative estimate of drug-likeness (QED) is 0.435. The van der Waals surface area contributed by atoms with Crippen LogP contribution in [0.25, 0.3) is 22.1 Å². The Morgan fingerprint density at radius 1 is 1.29 bits per heavy atom.